The first kappa shape index (κ1) is 14.6. The van der Waals surface area contributed by atoms with Crippen molar-refractivity contribution in [3.63, 3.8) is 0 Å². The van der Waals surface area contributed by atoms with Crippen molar-refractivity contribution in [3.05, 3.63) is 57.6 Å². The van der Waals surface area contributed by atoms with E-state index < -0.39 is 0 Å². The molecule has 0 fully saturated rings. The fourth-order valence-electron chi connectivity index (χ4n) is 2.00. The lowest BCUT2D eigenvalue weighted by atomic mass is 10.1. The van der Waals surface area contributed by atoms with Gasteiger partial charge in [0.1, 0.15) is 5.75 Å². The summed E-state index contributed by atoms with van der Waals surface area (Å²) in [7, 11) is 1.55. The number of rotatable bonds is 3. The van der Waals surface area contributed by atoms with Crippen LogP contribution in [0.15, 0.2) is 40.9 Å². The van der Waals surface area contributed by atoms with E-state index in [2.05, 4.69) is 21.2 Å². The van der Waals surface area contributed by atoms with Crippen molar-refractivity contribution in [2.24, 2.45) is 0 Å². The van der Waals surface area contributed by atoms with Gasteiger partial charge in [-0.15, -0.1) is 0 Å². The highest BCUT2D eigenvalue weighted by Gasteiger charge is 2.13. The zero-order valence-corrected chi connectivity index (χ0v) is 13.2. The van der Waals surface area contributed by atoms with E-state index in [4.69, 9.17) is 4.74 Å². The van der Waals surface area contributed by atoms with Crippen LogP contribution in [0, 0.1) is 13.8 Å². The summed E-state index contributed by atoms with van der Waals surface area (Å²) in [6, 6.07) is 11.3. The number of aryl methyl sites for hydroxylation is 2. The molecule has 2 rings (SSSR count). The Morgan fingerprint density at radius 2 is 1.90 bits per heavy atom. The van der Waals surface area contributed by atoms with Crippen LogP contribution < -0.4 is 10.1 Å². The highest BCUT2D eigenvalue weighted by Crippen LogP contribution is 2.25. The summed E-state index contributed by atoms with van der Waals surface area (Å²) in [5.41, 5.74) is 3.53. The summed E-state index contributed by atoms with van der Waals surface area (Å²) in [5, 5.41) is 2.91. The van der Waals surface area contributed by atoms with Crippen LogP contribution in [0.1, 0.15) is 21.5 Å². The van der Waals surface area contributed by atoms with E-state index in [0.29, 0.717) is 11.3 Å². The van der Waals surface area contributed by atoms with Crippen LogP contribution in [-0.4, -0.2) is 13.0 Å². The average molecular weight is 334 g/mol. The maximum atomic E-state index is 12.3. The van der Waals surface area contributed by atoms with Gasteiger partial charge in [0.25, 0.3) is 5.91 Å². The minimum Gasteiger partial charge on any atom is -0.496 e. The third-order valence-electron chi connectivity index (χ3n) is 3.04. The Kier molecular flexibility index (Phi) is 4.45. The Hall–Kier alpha value is -1.81. The predicted octanol–water partition coefficient (Wildman–Crippen LogP) is 4.33. The Bertz CT molecular complexity index is 653. The van der Waals surface area contributed by atoms with Gasteiger partial charge >= 0.3 is 0 Å². The molecule has 1 amide bonds. The zero-order valence-electron chi connectivity index (χ0n) is 11.7. The number of benzene rings is 2. The Morgan fingerprint density at radius 1 is 1.15 bits per heavy atom. The second-order valence-corrected chi connectivity index (χ2v) is 5.53. The molecule has 0 unspecified atom stereocenters. The van der Waals surface area contributed by atoms with Gasteiger partial charge in [-0.05, 0) is 43.7 Å². The van der Waals surface area contributed by atoms with E-state index in [1.807, 2.05) is 38.1 Å². The highest BCUT2D eigenvalue weighted by molar-refractivity contribution is 9.10. The molecule has 20 heavy (non-hydrogen) atoms. The van der Waals surface area contributed by atoms with Crippen molar-refractivity contribution in [1.82, 2.24) is 0 Å². The molecule has 0 aliphatic rings. The quantitative estimate of drug-likeness (QED) is 0.907. The van der Waals surface area contributed by atoms with E-state index in [1.165, 1.54) is 5.56 Å². The summed E-state index contributed by atoms with van der Waals surface area (Å²) in [4.78, 5) is 12.3. The van der Waals surface area contributed by atoms with E-state index in [1.54, 1.807) is 19.2 Å². The summed E-state index contributed by atoms with van der Waals surface area (Å²) in [6.07, 6.45) is 0. The van der Waals surface area contributed by atoms with Crippen molar-refractivity contribution in [2.75, 3.05) is 12.4 Å². The van der Waals surface area contributed by atoms with Crippen molar-refractivity contribution in [1.29, 1.82) is 0 Å². The fourth-order valence-corrected chi connectivity index (χ4v) is 2.34. The molecular formula is C16H16BrNO2. The molecule has 0 saturated carbocycles. The molecule has 0 saturated heterocycles. The lowest BCUT2D eigenvalue weighted by molar-refractivity contribution is 0.102. The first-order valence-corrected chi connectivity index (χ1v) is 7.02. The summed E-state index contributed by atoms with van der Waals surface area (Å²) in [5.74, 6) is 0.364. The molecule has 0 aliphatic heterocycles. The van der Waals surface area contributed by atoms with Crippen LogP contribution in [-0.2, 0) is 0 Å². The van der Waals surface area contributed by atoms with Gasteiger partial charge in [0.05, 0.1) is 12.7 Å². The van der Waals surface area contributed by atoms with Crippen molar-refractivity contribution >= 4 is 27.5 Å². The first-order valence-electron chi connectivity index (χ1n) is 6.23. The summed E-state index contributed by atoms with van der Waals surface area (Å²) < 4.78 is 6.12. The second-order valence-electron chi connectivity index (χ2n) is 4.62. The molecule has 0 bridgehead atoms. The number of amides is 1. The molecule has 3 nitrogen and oxygen atoms in total. The number of carbonyl (C=O) groups excluding carboxylic acids is 1. The van der Waals surface area contributed by atoms with Gasteiger partial charge in [-0.1, -0.05) is 33.6 Å². The third-order valence-corrected chi connectivity index (χ3v) is 3.53. The van der Waals surface area contributed by atoms with Gasteiger partial charge in [-0.3, -0.25) is 4.79 Å². The van der Waals surface area contributed by atoms with Gasteiger partial charge in [0, 0.05) is 10.2 Å². The Balaban J connectivity index is 2.28. The van der Waals surface area contributed by atoms with Crippen LogP contribution >= 0.6 is 15.9 Å². The van der Waals surface area contributed by atoms with Gasteiger partial charge in [-0.2, -0.15) is 0 Å². The van der Waals surface area contributed by atoms with Gasteiger partial charge < -0.3 is 10.1 Å². The number of nitrogens with one attached hydrogen (secondary N) is 1. The highest BCUT2D eigenvalue weighted by atomic mass is 79.9. The van der Waals surface area contributed by atoms with Crippen molar-refractivity contribution in [3.8, 4) is 5.75 Å². The van der Waals surface area contributed by atoms with Gasteiger partial charge in [0.2, 0.25) is 0 Å². The minimum atomic E-state index is -0.179. The second kappa shape index (κ2) is 6.09. The Morgan fingerprint density at radius 3 is 2.55 bits per heavy atom. The van der Waals surface area contributed by atoms with Crippen LogP contribution in [0.2, 0.25) is 0 Å². The van der Waals surface area contributed by atoms with Gasteiger partial charge in [0.15, 0.2) is 0 Å². The van der Waals surface area contributed by atoms with E-state index >= 15 is 0 Å². The third kappa shape index (κ3) is 3.20. The molecule has 0 aliphatic carbocycles. The molecular weight excluding hydrogens is 318 g/mol. The summed E-state index contributed by atoms with van der Waals surface area (Å²) in [6.45, 7) is 4.00. The molecule has 0 spiro atoms. The van der Waals surface area contributed by atoms with Crippen molar-refractivity contribution < 1.29 is 9.53 Å². The van der Waals surface area contributed by atoms with Crippen molar-refractivity contribution in [2.45, 2.75) is 13.8 Å². The van der Waals surface area contributed by atoms with Crippen LogP contribution in [0.4, 0.5) is 5.69 Å². The maximum absolute atomic E-state index is 12.3. The molecule has 0 atom stereocenters. The van der Waals surface area contributed by atoms with E-state index in [-0.39, 0.29) is 5.91 Å². The SMILES string of the molecule is COc1cc(Br)ccc1C(=O)Nc1ccc(C)cc1C. The first-order chi connectivity index (χ1) is 9.51. The fraction of sp³-hybridized carbons (Fsp3) is 0.188. The topological polar surface area (TPSA) is 38.3 Å². The molecule has 2 aromatic rings. The van der Waals surface area contributed by atoms with Gasteiger partial charge in [-0.25, -0.2) is 0 Å². The van der Waals surface area contributed by atoms with Crippen LogP contribution in [0.5, 0.6) is 5.75 Å². The number of carbonyl (C=O) groups is 1. The molecule has 104 valence electrons. The normalized spacial score (nSPS) is 10.2. The number of anilines is 1. The molecule has 0 aromatic heterocycles. The number of methoxy groups -OCH3 is 1. The summed E-state index contributed by atoms with van der Waals surface area (Å²) >= 11 is 3.36. The lowest BCUT2D eigenvalue weighted by Gasteiger charge is -2.12. The lowest BCUT2D eigenvalue weighted by Crippen LogP contribution is -2.14. The monoisotopic (exact) mass is 333 g/mol. The molecule has 1 N–H and O–H groups in total. The predicted molar refractivity (Wildman–Crippen MR) is 84.6 cm³/mol. The Labute approximate surface area is 127 Å². The molecule has 2 aromatic carbocycles. The largest absolute Gasteiger partial charge is 0.496 e. The number of hydrogen-bond donors (Lipinski definition) is 1. The molecule has 0 heterocycles. The van der Waals surface area contributed by atoms with E-state index in [9.17, 15) is 4.79 Å². The zero-order chi connectivity index (χ0) is 14.7. The maximum Gasteiger partial charge on any atom is 0.259 e. The number of hydrogen-bond acceptors (Lipinski definition) is 2. The number of ether oxygens (including phenoxy) is 1. The smallest absolute Gasteiger partial charge is 0.259 e. The molecule has 4 heteroatoms. The van der Waals surface area contributed by atoms with E-state index in [0.717, 1.165) is 15.7 Å². The van der Waals surface area contributed by atoms with Crippen LogP contribution in [0.3, 0.4) is 0 Å². The molecule has 0 radical (unpaired) electrons. The minimum absolute atomic E-state index is 0.179. The average Bonchev–Trinajstić information content (AvgIpc) is 2.41. The standard InChI is InChI=1S/C16H16BrNO2/c1-10-4-7-14(11(2)8-10)18-16(19)13-6-5-12(17)9-15(13)20-3/h4-9H,1-3H3,(H,18,19). The van der Waals surface area contributed by atoms with Crippen LogP contribution in [0.25, 0.3) is 0 Å². The number of halogens is 1.